The summed E-state index contributed by atoms with van der Waals surface area (Å²) in [5.74, 6) is 0.149. The van der Waals surface area contributed by atoms with Crippen LogP contribution in [0, 0.1) is 0 Å². The monoisotopic (exact) mass is 796 g/mol. The van der Waals surface area contributed by atoms with E-state index >= 15 is 0 Å². The molecule has 0 bridgehead atoms. The first-order valence-electron chi connectivity index (χ1n) is 13.1. The molecule has 0 saturated heterocycles. The van der Waals surface area contributed by atoms with E-state index in [0.29, 0.717) is 55.4 Å². The highest BCUT2D eigenvalue weighted by Crippen LogP contribution is 2.36. The largest absolute Gasteiger partial charge is 0.506 e. The summed E-state index contributed by atoms with van der Waals surface area (Å²) < 4.78 is 16.2. The summed E-state index contributed by atoms with van der Waals surface area (Å²) in [5.41, 5.74) is 1.42. The van der Waals surface area contributed by atoms with Crippen LogP contribution in [0.25, 0.3) is 0 Å². The second-order valence-electron chi connectivity index (χ2n) is 8.75. The molecule has 4 aromatic carbocycles. The van der Waals surface area contributed by atoms with E-state index in [0.717, 1.165) is 10.0 Å². The van der Waals surface area contributed by atoms with Crippen LogP contribution in [0.5, 0.6) is 17.2 Å². The number of aromatic hydroxyl groups is 1. The van der Waals surface area contributed by atoms with Gasteiger partial charge >= 0.3 is 11.9 Å². The Balaban J connectivity index is 0.000000261. The lowest BCUT2D eigenvalue weighted by Crippen LogP contribution is -2.07. The Bertz CT molecular complexity index is 1600. The van der Waals surface area contributed by atoms with E-state index in [1.54, 1.807) is 80.6 Å². The van der Waals surface area contributed by atoms with Crippen molar-refractivity contribution in [2.24, 2.45) is 0 Å². The van der Waals surface area contributed by atoms with Gasteiger partial charge in [0.25, 0.3) is 0 Å². The Morgan fingerprint density at radius 2 is 1.07 bits per heavy atom. The zero-order chi connectivity index (χ0) is 33.5. The van der Waals surface area contributed by atoms with Crippen molar-refractivity contribution in [3.05, 3.63) is 119 Å². The molecule has 0 saturated carbocycles. The molecule has 0 aliphatic carbocycles. The average Bonchev–Trinajstić information content (AvgIpc) is 2.97. The SMILES string of the molecule is CCOC(=O)Cc1ccc(Cl)c(O)c1.CCOC(=O)Cc1ccc(Cl)c(Oc2cc(Cl)ccc2Cl)c1.Clc1ccc(Cl)c(Br)c1. The predicted octanol–water partition coefficient (Wildman–Crippen LogP) is 11.5. The van der Waals surface area contributed by atoms with E-state index in [9.17, 15) is 14.7 Å². The Morgan fingerprint density at radius 1 is 0.622 bits per heavy atom. The normalized spacial score (nSPS) is 10.1. The van der Waals surface area contributed by atoms with Gasteiger partial charge in [-0.3, -0.25) is 9.59 Å². The van der Waals surface area contributed by atoms with Gasteiger partial charge in [-0.25, -0.2) is 0 Å². The van der Waals surface area contributed by atoms with Gasteiger partial charge in [-0.05, 0) is 95.5 Å². The van der Waals surface area contributed by atoms with Crippen LogP contribution in [-0.4, -0.2) is 30.3 Å². The van der Waals surface area contributed by atoms with Crippen LogP contribution in [0.2, 0.25) is 30.1 Å². The van der Waals surface area contributed by atoms with E-state index in [-0.39, 0.29) is 35.6 Å². The Hall–Kier alpha value is -2.36. The zero-order valence-corrected chi connectivity index (χ0v) is 30.0. The topological polar surface area (TPSA) is 82.1 Å². The number of ether oxygens (including phenoxy) is 3. The fourth-order valence-corrected chi connectivity index (χ4v) is 4.70. The molecule has 0 unspecified atom stereocenters. The summed E-state index contributed by atoms with van der Waals surface area (Å²) >= 11 is 38.3. The molecule has 0 heterocycles. The van der Waals surface area contributed by atoms with Gasteiger partial charge in [-0.15, -0.1) is 0 Å². The minimum absolute atomic E-state index is 0.0199. The number of phenolic OH excluding ortho intramolecular Hbond substituents is 1. The number of benzene rings is 4. The van der Waals surface area contributed by atoms with Crippen molar-refractivity contribution in [1.29, 1.82) is 0 Å². The molecule has 0 fully saturated rings. The van der Waals surface area contributed by atoms with Crippen LogP contribution in [-0.2, 0) is 31.9 Å². The van der Waals surface area contributed by atoms with Crippen LogP contribution >= 0.6 is 85.5 Å². The molecule has 240 valence electrons. The van der Waals surface area contributed by atoms with E-state index in [1.807, 2.05) is 0 Å². The van der Waals surface area contributed by atoms with E-state index in [1.165, 1.54) is 6.07 Å². The molecule has 0 spiro atoms. The van der Waals surface area contributed by atoms with E-state index in [4.69, 9.17) is 83.8 Å². The number of hydrogen-bond donors (Lipinski definition) is 1. The molecule has 0 amide bonds. The first-order valence-corrected chi connectivity index (χ1v) is 16.2. The average molecular weight is 800 g/mol. The first kappa shape index (κ1) is 38.8. The van der Waals surface area contributed by atoms with Gasteiger partial charge in [-0.1, -0.05) is 81.7 Å². The lowest BCUT2D eigenvalue weighted by molar-refractivity contribution is -0.143. The molecule has 4 aromatic rings. The number of carbonyl (C=O) groups is 2. The molecule has 0 atom stereocenters. The molecular weight excluding hydrogens is 773 g/mol. The van der Waals surface area contributed by atoms with E-state index in [2.05, 4.69) is 15.9 Å². The van der Waals surface area contributed by atoms with Crippen molar-refractivity contribution in [3.63, 3.8) is 0 Å². The zero-order valence-electron chi connectivity index (χ0n) is 23.9. The third-order valence-corrected chi connectivity index (χ3v) is 7.94. The summed E-state index contributed by atoms with van der Waals surface area (Å²) in [6, 6.07) is 19.9. The van der Waals surface area contributed by atoms with Gasteiger partial charge in [0, 0.05) is 20.6 Å². The number of hydrogen-bond acceptors (Lipinski definition) is 6. The molecule has 13 heteroatoms. The quantitative estimate of drug-likeness (QED) is 0.141. The molecule has 6 nitrogen and oxygen atoms in total. The first-order chi connectivity index (χ1) is 21.3. The third-order valence-electron chi connectivity index (χ3n) is 5.31. The van der Waals surface area contributed by atoms with Crippen molar-refractivity contribution < 1.29 is 28.9 Å². The predicted molar refractivity (Wildman–Crippen MR) is 186 cm³/mol. The minimum atomic E-state index is -0.311. The van der Waals surface area contributed by atoms with Crippen LogP contribution < -0.4 is 4.74 Å². The smallest absolute Gasteiger partial charge is 0.310 e. The molecule has 4 rings (SSSR count). The van der Waals surface area contributed by atoms with Crippen molar-refractivity contribution in [3.8, 4) is 17.2 Å². The van der Waals surface area contributed by atoms with E-state index < -0.39 is 0 Å². The maximum absolute atomic E-state index is 11.5. The fraction of sp³-hybridized carbons (Fsp3) is 0.188. The highest BCUT2D eigenvalue weighted by atomic mass is 79.9. The van der Waals surface area contributed by atoms with Gasteiger partial charge in [-0.2, -0.15) is 0 Å². The number of phenols is 1. The number of halogens is 7. The minimum Gasteiger partial charge on any atom is -0.506 e. The number of esters is 2. The molecule has 0 radical (unpaired) electrons. The standard InChI is InChI=1S/C16H13Cl3O3.C10H11ClO3.C6H3BrCl2/c1-2-21-16(20)8-10-3-5-12(18)14(7-10)22-15-9-11(17)4-6-13(15)19;1-2-14-10(13)6-7-3-4-8(11)9(12)5-7;7-5-3-4(8)1-2-6(5)9/h3-7,9H,2,8H2,1H3;3-5,12H,2,6H2,1H3;1-3H. The molecular formula is C32H27BrCl6O6. The van der Waals surface area contributed by atoms with Gasteiger partial charge in [0.05, 0.1) is 46.1 Å². The van der Waals surface area contributed by atoms with Crippen LogP contribution in [0.15, 0.2) is 77.3 Å². The Kier molecular flexibility index (Phi) is 17.3. The van der Waals surface area contributed by atoms with Gasteiger partial charge in [0.1, 0.15) is 17.2 Å². The number of rotatable bonds is 8. The Morgan fingerprint density at radius 3 is 1.56 bits per heavy atom. The summed E-state index contributed by atoms with van der Waals surface area (Å²) in [7, 11) is 0. The van der Waals surface area contributed by atoms with Crippen molar-refractivity contribution in [1.82, 2.24) is 0 Å². The summed E-state index contributed by atoms with van der Waals surface area (Å²) in [5, 5.41) is 12.2. The molecule has 1 N–H and O–H groups in total. The molecule has 0 aromatic heterocycles. The lowest BCUT2D eigenvalue weighted by Gasteiger charge is -2.11. The van der Waals surface area contributed by atoms with Gasteiger partial charge in [0.2, 0.25) is 0 Å². The second-order valence-corrected chi connectivity index (χ2v) is 12.1. The van der Waals surface area contributed by atoms with Crippen LogP contribution in [0.4, 0.5) is 0 Å². The fourth-order valence-electron chi connectivity index (χ4n) is 3.31. The maximum atomic E-state index is 11.5. The van der Waals surface area contributed by atoms with Crippen LogP contribution in [0.3, 0.4) is 0 Å². The highest BCUT2D eigenvalue weighted by molar-refractivity contribution is 9.10. The van der Waals surface area contributed by atoms with Gasteiger partial charge < -0.3 is 19.3 Å². The molecule has 0 aliphatic rings. The third kappa shape index (κ3) is 14.3. The van der Waals surface area contributed by atoms with Crippen molar-refractivity contribution in [2.45, 2.75) is 26.7 Å². The lowest BCUT2D eigenvalue weighted by atomic mass is 10.1. The number of carbonyl (C=O) groups excluding carboxylic acids is 2. The molecule has 45 heavy (non-hydrogen) atoms. The highest BCUT2D eigenvalue weighted by Gasteiger charge is 2.11. The molecule has 0 aliphatic heterocycles. The summed E-state index contributed by atoms with van der Waals surface area (Å²) in [4.78, 5) is 22.6. The van der Waals surface area contributed by atoms with Crippen molar-refractivity contribution >= 4 is 97.5 Å². The summed E-state index contributed by atoms with van der Waals surface area (Å²) in [6.07, 6.45) is 0.295. The Labute approximate surface area is 300 Å². The van der Waals surface area contributed by atoms with Crippen LogP contribution in [0.1, 0.15) is 25.0 Å². The summed E-state index contributed by atoms with van der Waals surface area (Å²) in [6.45, 7) is 4.21. The van der Waals surface area contributed by atoms with Gasteiger partial charge in [0.15, 0.2) is 0 Å². The van der Waals surface area contributed by atoms with Crippen molar-refractivity contribution in [2.75, 3.05) is 13.2 Å². The maximum Gasteiger partial charge on any atom is 0.310 e. The second kappa shape index (κ2) is 20.0.